The van der Waals surface area contributed by atoms with Gasteiger partial charge in [0.1, 0.15) is 0 Å². The molecule has 0 bridgehead atoms. The molecule has 2 heteroatoms. The number of hydrogen-bond donors (Lipinski definition) is 1. The van der Waals surface area contributed by atoms with Crippen LogP contribution in [0.2, 0.25) is 0 Å². The van der Waals surface area contributed by atoms with E-state index < -0.39 is 0 Å². The Morgan fingerprint density at radius 3 is 2.31 bits per heavy atom. The van der Waals surface area contributed by atoms with E-state index in [4.69, 9.17) is 4.74 Å². The van der Waals surface area contributed by atoms with Crippen LogP contribution in [0.1, 0.15) is 59.8 Å². The summed E-state index contributed by atoms with van der Waals surface area (Å²) in [6, 6.07) is 0.674. The quantitative estimate of drug-likeness (QED) is 0.618. The van der Waals surface area contributed by atoms with Crippen molar-refractivity contribution in [3.8, 4) is 0 Å². The van der Waals surface area contributed by atoms with Crippen molar-refractivity contribution in [2.75, 3.05) is 13.7 Å². The van der Waals surface area contributed by atoms with Gasteiger partial charge in [-0.1, -0.05) is 27.2 Å². The molecule has 0 radical (unpaired) electrons. The van der Waals surface area contributed by atoms with Crippen molar-refractivity contribution < 1.29 is 4.74 Å². The number of ether oxygens (including phenoxy) is 1. The molecule has 98 valence electrons. The van der Waals surface area contributed by atoms with Crippen LogP contribution in [-0.2, 0) is 4.74 Å². The van der Waals surface area contributed by atoms with Crippen LogP contribution in [0.15, 0.2) is 0 Å². The van der Waals surface area contributed by atoms with E-state index in [0.717, 1.165) is 18.9 Å². The smallest absolute Gasteiger partial charge is 0.0543 e. The summed E-state index contributed by atoms with van der Waals surface area (Å²) in [4.78, 5) is 0. The van der Waals surface area contributed by atoms with Crippen LogP contribution in [0.4, 0.5) is 0 Å². The summed E-state index contributed by atoms with van der Waals surface area (Å²) >= 11 is 0. The average Bonchev–Trinajstić information content (AvgIpc) is 2.31. The van der Waals surface area contributed by atoms with E-state index in [2.05, 4.69) is 33.0 Å². The third-order valence-corrected chi connectivity index (χ3v) is 3.39. The lowest BCUT2D eigenvalue weighted by Crippen LogP contribution is -2.32. The second kappa shape index (κ2) is 10.1. The van der Waals surface area contributed by atoms with Crippen LogP contribution >= 0.6 is 0 Å². The van der Waals surface area contributed by atoms with Crippen molar-refractivity contribution in [1.82, 2.24) is 5.32 Å². The first-order valence-corrected chi connectivity index (χ1v) is 6.90. The fourth-order valence-corrected chi connectivity index (χ4v) is 1.86. The van der Waals surface area contributed by atoms with Gasteiger partial charge < -0.3 is 10.1 Å². The second-order valence-corrected chi connectivity index (χ2v) is 5.02. The van der Waals surface area contributed by atoms with Gasteiger partial charge >= 0.3 is 0 Å². The molecule has 0 saturated heterocycles. The first kappa shape index (κ1) is 15.9. The molecule has 1 N–H and O–H groups in total. The molecule has 0 aliphatic carbocycles. The van der Waals surface area contributed by atoms with Gasteiger partial charge in [0, 0.05) is 13.2 Å². The Balaban J connectivity index is 3.89. The van der Waals surface area contributed by atoms with Gasteiger partial charge in [-0.15, -0.1) is 0 Å². The minimum atomic E-state index is 0.392. The molecule has 0 heterocycles. The van der Waals surface area contributed by atoms with Crippen molar-refractivity contribution in [3.05, 3.63) is 0 Å². The normalized spacial score (nSPS) is 17.1. The van der Waals surface area contributed by atoms with Gasteiger partial charge in [-0.25, -0.2) is 0 Å². The molecule has 0 aromatic carbocycles. The first-order valence-electron chi connectivity index (χ1n) is 6.90. The molecule has 0 aromatic heterocycles. The molecular formula is C14H31NO. The van der Waals surface area contributed by atoms with Gasteiger partial charge in [0.2, 0.25) is 0 Å². The van der Waals surface area contributed by atoms with E-state index in [1.807, 2.05) is 0 Å². The molecule has 2 nitrogen and oxygen atoms in total. The Bertz CT molecular complexity index is 150. The standard InChI is InChI=1S/C14H31NO/c1-6-10-15-14(11-12(3)7-2)9-8-13(4)16-5/h12-15H,6-11H2,1-5H3. The molecule has 3 atom stereocenters. The van der Waals surface area contributed by atoms with Gasteiger partial charge in [0.15, 0.2) is 0 Å². The van der Waals surface area contributed by atoms with Gasteiger partial charge in [-0.2, -0.15) is 0 Å². The third kappa shape index (κ3) is 8.12. The Hall–Kier alpha value is -0.0800. The predicted octanol–water partition coefficient (Wildman–Crippen LogP) is 3.61. The molecule has 0 aliphatic heterocycles. The van der Waals surface area contributed by atoms with E-state index in [0.29, 0.717) is 12.1 Å². The van der Waals surface area contributed by atoms with Crippen LogP contribution < -0.4 is 5.32 Å². The lowest BCUT2D eigenvalue weighted by molar-refractivity contribution is 0.105. The molecule has 0 aromatic rings. The fraction of sp³-hybridized carbons (Fsp3) is 1.00. The van der Waals surface area contributed by atoms with Crippen molar-refractivity contribution in [2.45, 2.75) is 71.9 Å². The van der Waals surface area contributed by atoms with Crippen molar-refractivity contribution in [1.29, 1.82) is 0 Å². The van der Waals surface area contributed by atoms with Crippen LogP contribution in [0, 0.1) is 5.92 Å². The zero-order chi connectivity index (χ0) is 12.4. The molecule has 0 spiro atoms. The molecular weight excluding hydrogens is 198 g/mol. The highest BCUT2D eigenvalue weighted by Gasteiger charge is 2.12. The summed E-state index contributed by atoms with van der Waals surface area (Å²) in [5.74, 6) is 0.826. The highest BCUT2D eigenvalue weighted by Crippen LogP contribution is 2.15. The van der Waals surface area contributed by atoms with E-state index >= 15 is 0 Å². The number of nitrogens with one attached hydrogen (secondary N) is 1. The molecule has 0 fully saturated rings. The van der Waals surface area contributed by atoms with Gasteiger partial charge in [0.05, 0.1) is 6.10 Å². The van der Waals surface area contributed by atoms with Crippen LogP contribution in [0.5, 0.6) is 0 Å². The highest BCUT2D eigenvalue weighted by atomic mass is 16.5. The third-order valence-electron chi connectivity index (χ3n) is 3.39. The maximum absolute atomic E-state index is 5.31. The molecule has 0 saturated carbocycles. The Morgan fingerprint density at radius 1 is 1.12 bits per heavy atom. The Kier molecular flexibility index (Phi) is 10.0. The van der Waals surface area contributed by atoms with Gasteiger partial charge in [0.25, 0.3) is 0 Å². The number of methoxy groups -OCH3 is 1. The summed E-state index contributed by atoms with van der Waals surface area (Å²) in [6.07, 6.45) is 6.59. The fourth-order valence-electron chi connectivity index (χ4n) is 1.86. The van der Waals surface area contributed by atoms with E-state index in [1.165, 1.54) is 25.7 Å². The second-order valence-electron chi connectivity index (χ2n) is 5.02. The topological polar surface area (TPSA) is 21.3 Å². The van der Waals surface area contributed by atoms with Crippen molar-refractivity contribution >= 4 is 0 Å². The van der Waals surface area contributed by atoms with Crippen LogP contribution in [-0.4, -0.2) is 25.8 Å². The van der Waals surface area contributed by atoms with Crippen molar-refractivity contribution in [3.63, 3.8) is 0 Å². The largest absolute Gasteiger partial charge is 0.382 e. The van der Waals surface area contributed by atoms with E-state index in [-0.39, 0.29) is 0 Å². The van der Waals surface area contributed by atoms with Crippen LogP contribution in [0.25, 0.3) is 0 Å². The minimum absolute atomic E-state index is 0.392. The maximum atomic E-state index is 5.31. The molecule has 16 heavy (non-hydrogen) atoms. The molecule has 0 aliphatic rings. The Labute approximate surface area is 102 Å². The summed E-state index contributed by atoms with van der Waals surface area (Å²) in [6.45, 7) is 10.1. The highest BCUT2D eigenvalue weighted by molar-refractivity contribution is 4.71. The summed E-state index contributed by atoms with van der Waals surface area (Å²) < 4.78 is 5.31. The van der Waals surface area contributed by atoms with Gasteiger partial charge in [-0.3, -0.25) is 0 Å². The summed E-state index contributed by atoms with van der Waals surface area (Å²) in [5.41, 5.74) is 0. The Morgan fingerprint density at radius 2 is 1.81 bits per heavy atom. The predicted molar refractivity (Wildman–Crippen MR) is 71.9 cm³/mol. The molecule has 0 rings (SSSR count). The summed E-state index contributed by atoms with van der Waals surface area (Å²) in [5, 5.41) is 3.66. The SMILES string of the molecule is CCCNC(CCC(C)OC)CC(C)CC. The van der Waals surface area contributed by atoms with E-state index in [9.17, 15) is 0 Å². The summed E-state index contributed by atoms with van der Waals surface area (Å²) in [7, 11) is 1.80. The first-order chi connectivity index (χ1) is 7.63. The number of hydrogen-bond acceptors (Lipinski definition) is 2. The van der Waals surface area contributed by atoms with E-state index in [1.54, 1.807) is 7.11 Å². The lowest BCUT2D eigenvalue weighted by Gasteiger charge is -2.23. The molecule has 0 amide bonds. The van der Waals surface area contributed by atoms with Crippen LogP contribution in [0.3, 0.4) is 0 Å². The van der Waals surface area contributed by atoms with Gasteiger partial charge in [-0.05, 0) is 45.1 Å². The van der Waals surface area contributed by atoms with Crippen molar-refractivity contribution in [2.24, 2.45) is 5.92 Å². The number of rotatable bonds is 10. The minimum Gasteiger partial charge on any atom is -0.382 e. The zero-order valence-corrected chi connectivity index (χ0v) is 11.9. The monoisotopic (exact) mass is 229 g/mol. The average molecular weight is 229 g/mol. The molecule has 3 unspecified atom stereocenters. The zero-order valence-electron chi connectivity index (χ0n) is 11.9. The lowest BCUT2D eigenvalue weighted by atomic mass is 9.95. The maximum Gasteiger partial charge on any atom is 0.0543 e.